The van der Waals surface area contributed by atoms with E-state index >= 15 is 0 Å². The molecule has 0 aromatic heterocycles. The number of rotatable bonds is 1. The SMILES string of the molecule is NC(=O)N1CC[C@@]2(c3ccccc3)C[C@@H]1Cc1ccc(O)cc12. The standard InChI is InChI=1S/C19H20N2O2/c20-18(23)21-9-8-19(14-4-2-1-3-5-14)12-15(21)10-13-6-7-16(22)11-17(13)19/h1-7,11,15,22H,8-10,12H2,(H2,20,23)/t15-,19-/m0/s1. The molecule has 2 amide bonds. The molecule has 1 aliphatic carbocycles. The van der Waals surface area contributed by atoms with Gasteiger partial charge in [0, 0.05) is 18.0 Å². The summed E-state index contributed by atoms with van der Waals surface area (Å²) in [6.07, 6.45) is 2.48. The second kappa shape index (κ2) is 5.01. The van der Waals surface area contributed by atoms with Crippen molar-refractivity contribution in [2.24, 2.45) is 5.73 Å². The minimum atomic E-state index is -0.334. The maximum atomic E-state index is 11.8. The van der Waals surface area contributed by atoms with Crippen LogP contribution in [0.1, 0.15) is 29.5 Å². The maximum Gasteiger partial charge on any atom is 0.315 e. The number of phenols is 1. The predicted octanol–water partition coefficient (Wildman–Crippen LogP) is 2.78. The van der Waals surface area contributed by atoms with Crippen molar-refractivity contribution in [2.45, 2.75) is 30.7 Å². The first-order valence-corrected chi connectivity index (χ1v) is 8.04. The first kappa shape index (κ1) is 14.1. The Morgan fingerprint density at radius 2 is 2.00 bits per heavy atom. The summed E-state index contributed by atoms with van der Waals surface area (Å²) in [6.45, 7) is 0.657. The highest BCUT2D eigenvalue weighted by atomic mass is 16.3. The lowest BCUT2D eigenvalue weighted by Crippen LogP contribution is -2.56. The zero-order valence-electron chi connectivity index (χ0n) is 12.9. The van der Waals surface area contributed by atoms with E-state index < -0.39 is 0 Å². The molecule has 4 heteroatoms. The van der Waals surface area contributed by atoms with Gasteiger partial charge in [-0.05, 0) is 48.1 Å². The fraction of sp³-hybridized carbons (Fsp3) is 0.316. The monoisotopic (exact) mass is 308 g/mol. The average molecular weight is 308 g/mol. The quantitative estimate of drug-likeness (QED) is 0.850. The molecule has 2 aliphatic rings. The number of benzene rings is 2. The van der Waals surface area contributed by atoms with Crippen molar-refractivity contribution in [2.75, 3.05) is 6.54 Å². The molecule has 0 spiro atoms. The first-order valence-electron chi connectivity index (χ1n) is 8.04. The topological polar surface area (TPSA) is 66.6 Å². The minimum absolute atomic E-state index is 0.124. The Labute approximate surface area is 135 Å². The fourth-order valence-electron chi connectivity index (χ4n) is 4.44. The van der Waals surface area contributed by atoms with Crippen molar-refractivity contribution in [3.63, 3.8) is 0 Å². The van der Waals surface area contributed by atoms with Gasteiger partial charge in [0.2, 0.25) is 0 Å². The summed E-state index contributed by atoms with van der Waals surface area (Å²) in [5.41, 5.74) is 9.08. The third-order valence-corrected chi connectivity index (χ3v) is 5.48. The number of piperidine rings is 1. The number of primary amides is 1. The number of amides is 2. The molecule has 1 aliphatic heterocycles. The van der Waals surface area contributed by atoms with Crippen molar-refractivity contribution >= 4 is 6.03 Å². The molecule has 1 fully saturated rings. The number of fused-ring (bicyclic) bond motifs is 4. The molecule has 1 heterocycles. The van der Waals surface area contributed by atoms with Crippen LogP contribution in [0.2, 0.25) is 0 Å². The van der Waals surface area contributed by atoms with Crippen molar-refractivity contribution in [3.05, 3.63) is 65.2 Å². The van der Waals surface area contributed by atoms with Gasteiger partial charge < -0.3 is 15.7 Å². The highest BCUT2D eigenvalue weighted by molar-refractivity contribution is 5.73. The van der Waals surface area contributed by atoms with Crippen LogP contribution < -0.4 is 5.73 Å². The Kier molecular flexibility index (Phi) is 3.08. The number of likely N-dealkylation sites (tertiary alicyclic amines) is 1. The molecule has 4 nitrogen and oxygen atoms in total. The number of carbonyl (C=O) groups is 1. The summed E-state index contributed by atoms with van der Waals surface area (Å²) in [4.78, 5) is 13.6. The molecular weight excluding hydrogens is 288 g/mol. The second-order valence-electron chi connectivity index (χ2n) is 6.63. The molecule has 118 valence electrons. The summed E-state index contributed by atoms with van der Waals surface area (Å²) in [5, 5.41) is 10.0. The van der Waals surface area contributed by atoms with Crippen LogP contribution in [0, 0.1) is 0 Å². The van der Waals surface area contributed by atoms with Gasteiger partial charge in [0.25, 0.3) is 0 Å². The van der Waals surface area contributed by atoms with E-state index in [0.717, 1.165) is 19.3 Å². The van der Waals surface area contributed by atoms with Crippen LogP contribution in [0.5, 0.6) is 5.75 Å². The van der Waals surface area contributed by atoms with E-state index in [4.69, 9.17) is 5.73 Å². The number of nitrogens with zero attached hydrogens (tertiary/aromatic N) is 1. The Balaban J connectivity index is 1.90. The predicted molar refractivity (Wildman–Crippen MR) is 88.3 cm³/mol. The highest BCUT2D eigenvalue weighted by Gasteiger charge is 2.47. The van der Waals surface area contributed by atoms with Gasteiger partial charge in [0.15, 0.2) is 0 Å². The summed E-state index contributed by atoms with van der Waals surface area (Å²) in [7, 11) is 0. The number of urea groups is 1. The van der Waals surface area contributed by atoms with Crippen LogP contribution in [0.25, 0.3) is 0 Å². The van der Waals surface area contributed by atoms with Crippen LogP contribution in [-0.4, -0.2) is 28.6 Å². The number of nitrogens with two attached hydrogens (primary N) is 1. The summed E-state index contributed by atoms with van der Waals surface area (Å²) < 4.78 is 0. The summed E-state index contributed by atoms with van der Waals surface area (Å²) in [5.74, 6) is 0.301. The molecule has 4 rings (SSSR count). The number of hydrogen-bond donors (Lipinski definition) is 2. The molecule has 3 N–H and O–H groups in total. The number of carbonyl (C=O) groups excluding carboxylic acids is 1. The third kappa shape index (κ3) is 2.09. The van der Waals surface area contributed by atoms with Gasteiger partial charge in [-0.25, -0.2) is 4.79 Å². The van der Waals surface area contributed by atoms with E-state index in [1.165, 1.54) is 16.7 Å². The minimum Gasteiger partial charge on any atom is -0.508 e. The van der Waals surface area contributed by atoms with Gasteiger partial charge in [-0.2, -0.15) is 0 Å². The Morgan fingerprint density at radius 1 is 1.22 bits per heavy atom. The maximum absolute atomic E-state index is 11.8. The Bertz CT molecular complexity index is 759. The molecular formula is C19H20N2O2. The van der Waals surface area contributed by atoms with E-state index in [2.05, 4.69) is 24.3 Å². The molecule has 2 atom stereocenters. The molecule has 2 aromatic carbocycles. The van der Waals surface area contributed by atoms with Crippen LogP contribution in [-0.2, 0) is 11.8 Å². The lowest BCUT2D eigenvalue weighted by atomic mass is 9.60. The third-order valence-electron chi connectivity index (χ3n) is 5.48. The number of aromatic hydroxyl groups is 1. The summed E-state index contributed by atoms with van der Waals surface area (Å²) >= 11 is 0. The van der Waals surface area contributed by atoms with Crippen molar-refractivity contribution in [3.8, 4) is 5.75 Å². The Hall–Kier alpha value is -2.49. The van der Waals surface area contributed by atoms with Crippen molar-refractivity contribution in [1.29, 1.82) is 0 Å². The van der Waals surface area contributed by atoms with Crippen LogP contribution >= 0.6 is 0 Å². The second-order valence-corrected chi connectivity index (χ2v) is 6.63. The lowest BCUT2D eigenvalue weighted by molar-refractivity contribution is 0.120. The van der Waals surface area contributed by atoms with Crippen LogP contribution in [0.15, 0.2) is 48.5 Å². The summed E-state index contributed by atoms with van der Waals surface area (Å²) in [6, 6.07) is 15.8. The van der Waals surface area contributed by atoms with Crippen LogP contribution in [0.3, 0.4) is 0 Å². The first-order chi connectivity index (χ1) is 11.1. The fourth-order valence-corrected chi connectivity index (χ4v) is 4.44. The van der Waals surface area contributed by atoms with Gasteiger partial charge >= 0.3 is 6.03 Å². The molecule has 1 saturated heterocycles. The van der Waals surface area contributed by atoms with Gasteiger partial charge in [0.05, 0.1) is 0 Å². The van der Waals surface area contributed by atoms with E-state index in [9.17, 15) is 9.90 Å². The van der Waals surface area contributed by atoms with Gasteiger partial charge in [0.1, 0.15) is 5.75 Å². The van der Waals surface area contributed by atoms with Crippen LogP contribution in [0.4, 0.5) is 4.79 Å². The molecule has 23 heavy (non-hydrogen) atoms. The van der Waals surface area contributed by atoms with E-state index in [0.29, 0.717) is 12.3 Å². The van der Waals surface area contributed by atoms with Gasteiger partial charge in [-0.1, -0.05) is 36.4 Å². The molecule has 0 saturated carbocycles. The Morgan fingerprint density at radius 3 is 2.74 bits per heavy atom. The molecule has 2 bridgehead atoms. The highest BCUT2D eigenvalue weighted by Crippen LogP contribution is 2.49. The van der Waals surface area contributed by atoms with E-state index in [-0.39, 0.29) is 17.5 Å². The van der Waals surface area contributed by atoms with Gasteiger partial charge in [-0.3, -0.25) is 0 Å². The number of phenolic OH excluding ortho intramolecular Hbond substituents is 1. The van der Waals surface area contributed by atoms with E-state index in [1.807, 2.05) is 18.2 Å². The lowest BCUT2D eigenvalue weighted by Gasteiger charge is -2.51. The zero-order chi connectivity index (χ0) is 16.0. The zero-order valence-corrected chi connectivity index (χ0v) is 12.9. The van der Waals surface area contributed by atoms with E-state index in [1.54, 1.807) is 11.0 Å². The number of hydrogen-bond acceptors (Lipinski definition) is 2. The molecule has 0 radical (unpaired) electrons. The van der Waals surface area contributed by atoms with Crippen molar-refractivity contribution in [1.82, 2.24) is 4.90 Å². The largest absolute Gasteiger partial charge is 0.508 e. The molecule has 0 unspecified atom stereocenters. The average Bonchev–Trinajstić information content (AvgIpc) is 2.56. The normalized spacial score (nSPS) is 25.7. The van der Waals surface area contributed by atoms with Gasteiger partial charge in [-0.15, -0.1) is 0 Å². The van der Waals surface area contributed by atoms with Crippen molar-refractivity contribution < 1.29 is 9.90 Å². The smallest absolute Gasteiger partial charge is 0.315 e. The molecule has 2 aromatic rings.